The van der Waals surface area contributed by atoms with Crippen molar-refractivity contribution < 1.29 is 42.5 Å². The number of nitrogens with zero attached hydrogens (tertiary/aromatic N) is 1. The summed E-state index contributed by atoms with van der Waals surface area (Å²) >= 11 is 1.87. The largest absolute Gasteiger partial charge is 0.387 e. The van der Waals surface area contributed by atoms with Gasteiger partial charge in [-0.1, -0.05) is 91.0 Å². The van der Waals surface area contributed by atoms with E-state index in [9.17, 15) is 9.59 Å². The Bertz CT molecular complexity index is 1230. The van der Waals surface area contributed by atoms with Crippen LogP contribution in [0.3, 0.4) is 0 Å². The molecule has 0 aliphatic heterocycles. The summed E-state index contributed by atoms with van der Waals surface area (Å²) in [5.74, 6) is 0.0796. The van der Waals surface area contributed by atoms with Crippen LogP contribution in [0.4, 0.5) is 0 Å². The van der Waals surface area contributed by atoms with Crippen molar-refractivity contribution in [2.75, 3.05) is 91.6 Å². The fourth-order valence-corrected chi connectivity index (χ4v) is 6.38. The second kappa shape index (κ2) is 26.1. The molecule has 0 bridgehead atoms. The van der Waals surface area contributed by atoms with Crippen molar-refractivity contribution in [2.45, 2.75) is 4.75 Å². The molecular formula is C35H46N2O9P2S. The summed E-state index contributed by atoms with van der Waals surface area (Å²) in [6, 6.07) is 31.8. The summed E-state index contributed by atoms with van der Waals surface area (Å²) in [4.78, 5) is 23.1. The second-order valence-corrected chi connectivity index (χ2v) is 12.8. The maximum atomic E-state index is 11.9. The van der Waals surface area contributed by atoms with Gasteiger partial charge in [0.15, 0.2) is 0 Å². The third-order valence-corrected chi connectivity index (χ3v) is 8.96. The minimum Gasteiger partial charge on any atom is -0.387 e. The van der Waals surface area contributed by atoms with E-state index >= 15 is 0 Å². The highest BCUT2D eigenvalue weighted by molar-refractivity contribution is 8.00. The third-order valence-electron chi connectivity index (χ3n) is 6.79. The van der Waals surface area contributed by atoms with E-state index in [0.29, 0.717) is 66.0 Å². The Morgan fingerprint density at radius 1 is 0.612 bits per heavy atom. The van der Waals surface area contributed by atoms with Gasteiger partial charge in [0.05, 0.1) is 70.8 Å². The lowest BCUT2D eigenvalue weighted by Gasteiger charge is -2.35. The number of carbonyl (C=O) groups excluding carboxylic acids is 2. The van der Waals surface area contributed by atoms with Crippen molar-refractivity contribution in [1.82, 2.24) is 5.32 Å². The topological polar surface area (TPSA) is 123 Å². The lowest BCUT2D eigenvalue weighted by molar-refractivity contribution is -0.139. The van der Waals surface area contributed by atoms with Crippen LogP contribution in [0.2, 0.25) is 0 Å². The average Bonchev–Trinajstić information content (AvgIpc) is 3.14. The summed E-state index contributed by atoms with van der Waals surface area (Å²) in [6.07, 6.45) is 0. The molecule has 1 unspecified atom stereocenters. The zero-order chi connectivity index (χ0) is 34.7. The van der Waals surface area contributed by atoms with E-state index < -0.39 is 5.97 Å². The second-order valence-electron chi connectivity index (χ2n) is 10.2. The van der Waals surface area contributed by atoms with Crippen LogP contribution in [0.1, 0.15) is 16.7 Å². The minimum absolute atomic E-state index is 0.0501. The molecule has 266 valence electrons. The highest BCUT2D eigenvalue weighted by atomic mass is 32.2. The lowest BCUT2D eigenvalue weighted by atomic mass is 9.84. The van der Waals surface area contributed by atoms with E-state index in [0.717, 1.165) is 5.75 Å². The number of hydrogen-bond acceptors (Lipinski definition) is 11. The van der Waals surface area contributed by atoms with Gasteiger partial charge in [-0.15, -0.1) is 11.8 Å². The SMILES string of the molecule is O=C(COCCOCCOCCSC(c1ccccc1)(c1ccccc1)c1ccccc1)NCCOCCOCCOCC(=O)OP=NP. The number of carbonyl (C=O) groups is 2. The Hall–Kier alpha value is -2.76. The van der Waals surface area contributed by atoms with Crippen LogP contribution in [-0.2, 0) is 47.3 Å². The highest BCUT2D eigenvalue weighted by Crippen LogP contribution is 2.48. The molecule has 0 fully saturated rings. The zero-order valence-electron chi connectivity index (χ0n) is 27.6. The van der Waals surface area contributed by atoms with Crippen LogP contribution < -0.4 is 5.32 Å². The molecule has 0 heterocycles. The van der Waals surface area contributed by atoms with Crippen molar-refractivity contribution in [3.8, 4) is 0 Å². The van der Waals surface area contributed by atoms with E-state index in [2.05, 4.69) is 92.0 Å². The van der Waals surface area contributed by atoms with E-state index in [1.165, 1.54) is 16.7 Å². The molecular weight excluding hydrogens is 686 g/mol. The normalized spacial score (nSPS) is 11.5. The monoisotopic (exact) mass is 732 g/mol. The number of amides is 1. The van der Waals surface area contributed by atoms with Gasteiger partial charge in [0, 0.05) is 12.3 Å². The Balaban J connectivity index is 1.18. The van der Waals surface area contributed by atoms with Crippen LogP contribution >= 0.6 is 29.8 Å². The molecule has 3 aromatic rings. The Morgan fingerprint density at radius 2 is 1.04 bits per heavy atom. The summed E-state index contributed by atoms with van der Waals surface area (Å²) in [7, 11) is 2.32. The first-order chi connectivity index (χ1) is 24.2. The van der Waals surface area contributed by atoms with E-state index in [4.69, 9.17) is 32.9 Å². The quantitative estimate of drug-likeness (QED) is 0.0628. The summed E-state index contributed by atoms with van der Waals surface area (Å²) in [6.45, 7) is 4.03. The molecule has 1 N–H and O–H groups in total. The fourth-order valence-electron chi connectivity index (χ4n) is 4.63. The third kappa shape index (κ3) is 16.2. The first-order valence-electron chi connectivity index (χ1n) is 16.0. The number of rotatable bonds is 27. The zero-order valence-corrected chi connectivity index (χ0v) is 30.5. The first-order valence-corrected chi connectivity index (χ1v) is 18.3. The van der Waals surface area contributed by atoms with Crippen LogP contribution in [0.15, 0.2) is 95.5 Å². The van der Waals surface area contributed by atoms with Crippen molar-refractivity contribution in [3.05, 3.63) is 108 Å². The molecule has 0 saturated carbocycles. The maximum absolute atomic E-state index is 11.9. The Kier molecular flexibility index (Phi) is 21.7. The molecule has 0 saturated heterocycles. The molecule has 0 aliphatic carbocycles. The van der Waals surface area contributed by atoms with Gasteiger partial charge < -0.3 is 38.3 Å². The number of benzene rings is 3. The molecule has 49 heavy (non-hydrogen) atoms. The van der Waals surface area contributed by atoms with Gasteiger partial charge in [-0.3, -0.25) is 4.79 Å². The molecule has 0 radical (unpaired) electrons. The molecule has 3 rings (SSSR count). The molecule has 11 nitrogen and oxygen atoms in total. The van der Waals surface area contributed by atoms with Crippen LogP contribution in [0.5, 0.6) is 0 Å². The maximum Gasteiger partial charge on any atom is 0.341 e. The number of hydrogen-bond donors (Lipinski definition) is 1. The molecule has 0 spiro atoms. The first kappa shape index (κ1) is 40.7. The predicted molar refractivity (Wildman–Crippen MR) is 195 cm³/mol. The van der Waals surface area contributed by atoms with E-state index in [1.807, 2.05) is 30.0 Å². The van der Waals surface area contributed by atoms with Gasteiger partial charge in [-0.05, 0) is 26.1 Å². The average molecular weight is 733 g/mol. The summed E-state index contributed by atoms with van der Waals surface area (Å²) in [5.41, 5.74) is 3.68. The fraction of sp³-hybridized carbons (Fsp3) is 0.429. The summed E-state index contributed by atoms with van der Waals surface area (Å²) in [5, 5.41) is 2.73. The van der Waals surface area contributed by atoms with Gasteiger partial charge >= 0.3 is 5.97 Å². The van der Waals surface area contributed by atoms with Crippen molar-refractivity contribution in [1.29, 1.82) is 0 Å². The van der Waals surface area contributed by atoms with E-state index in [1.54, 1.807) is 0 Å². The van der Waals surface area contributed by atoms with Crippen molar-refractivity contribution >= 4 is 41.6 Å². The predicted octanol–water partition coefficient (Wildman–Crippen LogP) is 5.31. The lowest BCUT2D eigenvalue weighted by Crippen LogP contribution is -2.31. The van der Waals surface area contributed by atoms with Gasteiger partial charge in [0.25, 0.3) is 0 Å². The molecule has 1 amide bonds. The summed E-state index contributed by atoms with van der Waals surface area (Å²) < 4.78 is 40.7. The van der Waals surface area contributed by atoms with Gasteiger partial charge in [-0.25, -0.2) is 9.31 Å². The van der Waals surface area contributed by atoms with Gasteiger partial charge in [0.2, 0.25) is 14.5 Å². The molecule has 0 aliphatic rings. The standard InChI is InChI=1S/C35H46N2O9P2S/c38-33(36-16-17-40-18-19-41-23-25-45-29-34(39)46-48-37-47)28-44-24-22-42-20-21-43-26-27-49-35(30-10-4-1-5-11-30,31-12-6-2-7-13-31)32-14-8-3-9-15-32/h1-15H,16-29,47H2,(H,36,38). The van der Waals surface area contributed by atoms with Gasteiger partial charge in [-0.2, -0.15) is 0 Å². The van der Waals surface area contributed by atoms with Crippen LogP contribution in [-0.4, -0.2) is 103 Å². The van der Waals surface area contributed by atoms with Gasteiger partial charge in [0.1, 0.15) is 13.2 Å². The van der Waals surface area contributed by atoms with Crippen LogP contribution in [0, 0.1) is 0 Å². The molecule has 1 atom stereocenters. The highest BCUT2D eigenvalue weighted by Gasteiger charge is 2.36. The minimum atomic E-state index is -0.492. The van der Waals surface area contributed by atoms with Crippen LogP contribution in [0.25, 0.3) is 0 Å². The van der Waals surface area contributed by atoms with Crippen molar-refractivity contribution in [2.24, 2.45) is 4.52 Å². The molecule has 3 aromatic carbocycles. The number of ether oxygens (including phenoxy) is 6. The molecule has 0 aromatic heterocycles. The van der Waals surface area contributed by atoms with Crippen molar-refractivity contribution in [3.63, 3.8) is 0 Å². The smallest absolute Gasteiger partial charge is 0.341 e. The Morgan fingerprint density at radius 3 is 1.53 bits per heavy atom. The Labute approximate surface area is 297 Å². The molecule has 14 heteroatoms. The van der Waals surface area contributed by atoms with E-state index in [-0.39, 0.29) is 39.1 Å². The number of nitrogens with one attached hydrogen (secondary N) is 1. The number of thioether (sulfide) groups is 1.